The van der Waals surface area contributed by atoms with Crippen molar-refractivity contribution in [3.05, 3.63) is 69.8 Å². The van der Waals surface area contributed by atoms with Gasteiger partial charge in [-0.15, -0.1) is 0 Å². The van der Waals surface area contributed by atoms with Crippen molar-refractivity contribution in [3.8, 4) is 6.07 Å². The van der Waals surface area contributed by atoms with Gasteiger partial charge in [0, 0.05) is 5.56 Å². The second-order valence-electron chi connectivity index (χ2n) is 5.03. The number of nitriles is 1. The molecule has 0 radical (unpaired) electrons. The molecule has 0 fully saturated rings. The van der Waals surface area contributed by atoms with E-state index in [0.717, 1.165) is 19.1 Å². The molecule has 25 heavy (non-hydrogen) atoms. The number of carbonyl (C=O) groups is 2. The van der Waals surface area contributed by atoms with Crippen LogP contribution >= 0.6 is 11.6 Å². The van der Waals surface area contributed by atoms with Gasteiger partial charge in [-0.1, -0.05) is 24.3 Å². The molecule has 0 bridgehead atoms. The molecule has 0 aliphatic rings. The van der Waals surface area contributed by atoms with Crippen molar-refractivity contribution in [1.82, 2.24) is 0 Å². The standard InChI is InChI=1S/C18H11ClF2N2O2/c1-3-11-14(20)7-15(16(9(2)24)17(11)21)23-18(25)12-6-10(8-22)4-5-13(12)19/h3-7H,1H2,2H3,(H,23,25). The van der Waals surface area contributed by atoms with Crippen molar-refractivity contribution in [3.63, 3.8) is 0 Å². The summed E-state index contributed by atoms with van der Waals surface area (Å²) in [6.07, 6.45) is 0.940. The minimum atomic E-state index is -1.12. The van der Waals surface area contributed by atoms with Crippen LogP contribution in [0, 0.1) is 23.0 Å². The number of ketones is 1. The maximum atomic E-state index is 14.3. The third-order valence-corrected chi connectivity index (χ3v) is 3.73. The highest BCUT2D eigenvalue weighted by molar-refractivity contribution is 6.34. The molecule has 0 aliphatic carbocycles. The highest BCUT2D eigenvalue weighted by Crippen LogP contribution is 2.28. The minimum Gasteiger partial charge on any atom is -0.321 e. The van der Waals surface area contributed by atoms with Crippen molar-refractivity contribution in [1.29, 1.82) is 5.26 Å². The Balaban J connectivity index is 2.54. The van der Waals surface area contributed by atoms with Crippen molar-refractivity contribution < 1.29 is 18.4 Å². The minimum absolute atomic E-state index is 0.0459. The normalized spacial score (nSPS) is 10.0. The number of Topliss-reactive ketones (excluding diaryl/α,β-unsaturated/α-hetero) is 1. The zero-order chi connectivity index (χ0) is 18.7. The zero-order valence-corrected chi connectivity index (χ0v) is 13.7. The molecule has 2 rings (SSSR count). The summed E-state index contributed by atoms with van der Waals surface area (Å²) in [5.74, 6) is -3.61. The van der Waals surface area contributed by atoms with Gasteiger partial charge in [0.05, 0.1) is 33.5 Å². The summed E-state index contributed by atoms with van der Waals surface area (Å²) < 4.78 is 28.3. The lowest BCUT2D eigenvalue weighted by Crippen LogP contribution is -2.17. The first-order chi connectivity index (χ1) is 11.8. The maximum absolute atomic E-state index is 14.3. The van der Waals surface area contributed by atoms with Crippen molar-refractivity contribution >= 4 is 35.1 Å². The number of halogens is 3. The van der Waals surface area contributed by atoms with Crippen LogP contribution in [0.2, 0.25) is 5.02 Å². The summed E-state index contributed by atoms with van der Waals surface area (Å²) in [6, 6.07) is 6.68. The van der Waals surface area contributed by atoms with Gasteiger partial charge in [-0.2, -0.15) is 5.26 Å². The summed E-state index contributed by atoms with van der Waals surface area (Å²) in [5, 5.41) is 11.2. The molecule has 2 aromatic carbocycles. The predicted molar refractivity (Wildman–Crippen MR) is 90.6 cm³/mol. The Morgan fingerprint density at radius 2 is 2.00 bits per heavy atom. The van der Waals surface area contributed by atoms with E-state index in [-0.39, 0.29) is 21.8 Å². The number of amides is 1. The largest absolute Gasteiger partial charge is 0.321 e. The summed E-state index contributed by atoms with van der Waals surface area (Å²) in [4.78, 5) is 24.1. The second kappa shape index (κ2) is 7.24. The van der Waals surface area contributed by atoms with Crippen molar-refractivity contribution in [2.45, 2.75) is 6.92 Å². The van der Waals surface area contributed by atoms with Crippen LogP contribution in [0.5, 0.6) is 0 Å². The third-order valence-electron chi connectivity index (χ3n) is 3.40. The van der Waals surface area contributed by atoms with Gasteiger partial charge in [-0.3, -0.25) is 9.59 Å². The number of anilines is 1. The van der Waals surface area contributed by atoms with E-state index in [1.807, 2.05) is 6.07 Å². The Kier molecular flexibility index (Phi) is 5.30. The summed E-state index contributed by atoms with van der Waals surface area (Å²) in [5.41, 5.74) is -1.16. The molecule has 0 aliphatic heterocycles. The van der Waals surface area contributed by atoms with Gasteiger partial charge in [-0.05, 0) is 31.2 Å². The molecule has 1 amide bonds. The summed E-state index contributed by atoms with van der Waals surface area (Å²) in [6.45, 7) is 4.38. The molecule has 0 spiro atoms. The molecular formula is C18H11ClF2N2O2. The van der Waals surface area contributed by atoms with Gasteiger partial charge >= 0.3 is 0 Å². The lowest BCUT2D eigenvalue weighted by molar-refractivity contribution is 0.101. The van der Waals surface area contributed by atoms with E-state index < -0.39 is 34.5 Å². The highest BCUT2D eigenvalue weighted by atomic mass is 35.5. The fourth-order valence-corrected chi connectivity index (χ4v) is 2.43. The number of nitrogens with one attached hydrogen (secondary N) is 1. The van der Waals surface area contributed by atoms with Gasteiger partial charge in [0.2, 0.25) is 0 Å². The van der Waals surface area contributed by atoms with E-state index in [4.69, 9.17) is 16.9 Å². The quantitative estimate of drug-likeness (QED) is 0.811. The molecule has 0 unspecified atom stereocenters. The molecule has 4 nitrogen and oxygen atoms in total. The number of benzene rings is 2. The lowest BCUT2D eigenvalue weighted by atomic mass is 10.0. The van der Waals surface area contributed by atoms with Crippen LogP contribution in [0.15, 0.2) is 30.8 Å². The average molecular weight is 361 g/mol. The van der Waals surface area contributed by atoms with Crippen LogP contribution in [0.25, 0.3) is 6.08 Å². The first-order valence-corrected chi connectivity index (χ1v) is 7.34. The Hall–Kier alpha value is -3.04. The zero-order valence-electron chi connectivity index (χ0n) is 13.0. The molecule has 2 aromatic rings. The van der Waals surface area contributed by atoms with E-state index in [1.54, 1.807) is 0 Å². The monoisotopic (exact) mass is 360 g/mol. The molecule has 0 heterocycles. The van der Waals surface area contributed by atoms with Crippen LogP contribution in [-0.2, 0) is 0 Å². The molecular weight excluding hydrogens is 350 g/mol. The molecule has 1 N–H and O–H groups in total. The number of hydrogen-bond acceptors (Lipinski definition) is 3. The number of rotatable bonds is 4. The van der Waals surface area contributed by atoms with Gasteiger partial charge in [0.25, 0.3) is 5.91 Å². The van der Waals surface area contributed by atoms with Crippen LogP contribution in [0.1, 0.15) is 38.8 Å². The molecule has 0 aromatic heterocycles. The van der Waals surface area contributed by atoms with E-state index in [9.17, 15) is 18.4 Å². The SMILES string of the molecule is C=Cc1c(F)cc(NC(=O)c2cc(C#N)ccc2Cl)c(C(C)=O)c1F. The summed E-state index contributed by atoms with van der Waals surface area (Å²) >= 11 is 5.93. The third kappa shape index (κ3) is 3.57. The van der Waals surface area contributed by atoms with Crippen LogP contribution in [0.3, 0.4) is 0 Å². The average Bonchev–Trinajstić information content (AvgIpc) is 2.54. The number of carbonyl (C=O) groups excluding carboxylic acids is 2. The molecule has 7 heteroatoms. The van der Waals surface area contributed by atoms with Crippen molar-refractivity contribution in [2.75, 3.05) is 5.32 Å². The predicted octanol–water partition coefficient (Wildman–Crippen LogP) is 4.59. The van der Waals surface area contributed by atoms with E-state index in [1.165, 1.54) is 18.2 Å². The fourth-order valence-electron chi connectivity index (χ4n) is 2.22. The molecule has 0 atom stereocenters. The van der Waals surface area contributed by atoms with Crippen LogP contribution in [-0.4, -0.2) is 11.7 Å². The molecule has 0 saturated heterocycles. The Morgan fingerprint density at radius 3 is 2.56 bits per heavy atom. The summed E-state index contributed by atoms with van der Waals surface area (Å²) in [7, 11) is 0. The first kappa shape index (κ1) is 18.3. The van der Waals surface area contributed by atoms with Crippen LogP contribution < -0.4 is 5.32 Å². The lowest BCUT2D eigenvalue weighted by Gasteiger charge is -2.13. The van der Waals surface area contributed by atoms with Crippen LogP contribution in [0.4, 0.5) is 14.5 Å². The van der Waals surface area contributed by atoms with Crippen molar-refractivity contribution in [2.24, 2.45) is 0 Å². The van der Waals surface area contributed by atoms with Gasteiger partial charge in [-0.25, -0.2) is 8.78 Å². The number of hydrogen-bond donors (Lipinski definition) is 1. The second-order valence-corrected chi connectivity index (χ2v) is 5.44. The Labute approximate surface area is 147 Å². The fraction of sp³-hybridized carbons (Fsp3) is 0.0556. The van der Waals surface area contributed by atoms with Gasteiger partial charge in [0.15, 0.2) is 5.78 Å². The number of nitrogens with zero attached hydrogens (tertiary/aromatic N) is 1. The Bertz CT molecular complexity index is 949. The highest BCUT2D eigenvalue weighted by Gasteiger charge is 2.22. The molecule has 0 saturated carbocycles. The smallest absolute Gasteiger partial charge is 0.257 e. The van der Waals surface area contributed by atoms with Gasteiger partial charge < -0.3 is 5.32 Å². The Morgan fingerprint density at radius 1 is 1.32 bits per heavy atom. The van der Waals surface area contributed by atoms with Gasteiger partial charge in [0.1, 0.15) is 11.6 Å². The molecule has 126 valence electrons. The maximum Gasteiger partial charge on any atom is 0.257 e. The van der Waals surface area contributed by atoms with E-state index in [0.29, 0.717) is 0 Å². The van der Waals surface area contributed by atoms with E-state index >= 15 is 0 Å². The topological polar surface area (TPSA) is 70.0 Å². The van der Waals surface area contributed by atoms with E-state index in [2.05, 4.69) is 11.9 Å². The first-order valence-electron chi connectivity index (χ1n) is 6.96.